The molecule has 3 rings (SSSR count). The predicted octanol–water partition coefficient (Wildman–Crippen LogP) is 4.34. The minimum absolute atomic E-state index is 0.0407. The zero-order valence-electron chi connectivity index (χ0n) is 13.0. The molecule has 1 amide bonds. The largest absolute Gasteiger partial charge is 0.383 e. The molecule has 0 saturated carbocycles. The van der Waals surface area contributed by atoms with Gasteiger partial charge in [0.1, 0.15) is 9.57 Å². The summed E-state index contributed by atoms with van der Waals surface area (Å²) in [5.41, 5.74) is 3.72. The summed E-state index contributed by atoms with van der Waals surface area (Å²) in [5, 5.41) is 14.1. The number of carbonyl (C=O) groups excluding carboxylic acids is 1. The van der Waals surface area contributed by atoms with Gasteiger partial charge in [0, 0.05) is 12.2 Å². The van der Waals surface area contributed by atoms with E-state index in [-0.39, 0.29) is 11.2 Å². The second-order valence-electron chi connectivity index (χ2n) is 5.35. The number of nitrogens with zero attached hydrogens (tertiary/aromatic N) is 2. The normalized spacial score (nSPS) is 17.3. The summed E-state index contributed by atoms with van der Waals surface area (Å²) in [7, 11) is 0. The number of rotatable bonds is 5. The molecule has 5 nitrogen and oxygen atoms in total. The van der Waals surface area contributed by atoms with Crippen molar-refractivity contribution in [2.75, 3.05) is 11.9 Å². The molecule has 1 aliphatic rings. The van der Waals surface area contributed by atoms with Gasteiger partial charge < -0.3 is 10.6 Å². The Kier molecular flexibility index (Phi) is 5.22. The van der Waals surface area contributed by atoms with Gasteiger partial charge in [-0.2, -0.15) is 10.2 Å². The third kappa shape index (κ3) is 4.39. The van der Waals surface area contributed by atoms with Gasteiger partial charge in [0.2, 0.25) is 5.91 Å². The molecule has 0 bridgehead atoms. The van der Waals surface area contributed by atoms with Gasteiger partial charge in [0.25, 0.3) is 0 Å². The number of nitrogens with one attached hydrogen (secondary N) is 2. The number of azo groups is 1. The maximum absolute atomic E-state index is 11.6. The van der Waals surface area contributed by atoms with Crippen molar-refractivity contribution in [1.82, 2.24) is 5.32 Å². The first-order valence-electron chi connectivity index (χ1n) is 7.44. The second-order valence-corrected chi connectivity index (χ2v) is 7.23. The van der Waals surface area contributed by atoms with E-state index in [2.05, 4.69) is 20.9 Å². The van der Waals surface area contributed by atoms with E-state index < -0.39 is 0 Å². The Bertz CT molecular complexity index is 772. The van der Waals surface area contributed by atoms with Crippen molar-refractivity contribution in [3.05, 3.63) is 54.1 Å². The van der Waals surface area contributed by atoms with Crippen LogP contribution in [0.15, 0.2) is 58.8 Å². The molecular formula is C17H16N4OS2. The number of thiocarbonyl (C=S) groups is 1. The van der Waals surface area contributed by atoms with E-state index in [0.717, 1.165) is 17.1 Å². The standard InChI is InChI=1S/C17H16N4OS2/c1-11-2-4-13(5-3-11)20-21-14-8-6-12(7-9-14)18-10-15-16(22)19-17(23)24-15/h2-9,15,18H,10H2,1H3,(H,19,22,23)/t15-/m1/s1. The fourth-order valence-corrected chi connectivity index (χ4v) is 3.31. The number of benzene rings is 2. The minimum Gasteiger partial charge on any atom is -0.383 e. The first kappa shape index (κ1) is 16.6. The zero-order valence-corrected chi connectivity index (χ0v) is 14.7. The van der Waals surface area contributed by atoms with Crippen LogP contribution in [0.25, 0.3) is 0 Å². The molecule has 0 spiro atoms. The number of amides is 1. The molecule has 1 heterocycles. The summed E-state index contributed by atoms with van der Waals surface area (Å²) in [6.45, 7) is 2.56. The molecule has 1 fully saturated rings. The van der Waals surface area contributed by atoms with Crippen LogP contribution in [-0.2, 0) is 4.79 Å². The van der Waals surface area contributed by atoms with Gasteiger partial charge in [-0.05, 0) is 43.3 Å². The van der Waals surface area contributed by atoms with Gasteiger partial charge in [-0.15, -0.1) is 0 Å². The van der Waals surface area contributed by atoms with Crippen molar-refractivity contribution in [1.29, 1.82) is 0 Å². The Hall–Kier alpha value is -2.25. The highest BCUT2D eigenvalue weighted by molar-refractivity contribution is 8.24. The van der Waals surface area contributed by atoms with Crippen LogP contribution in [0.2, 0.25) is 0 Å². The fourth-order valence-electron chi connectivity index (χ4n) is 2.11. The number of carbonyl (C=O) groups is 1. The van der Waals surface area contributed by atoms with Crippen molar-refractivity contribution >= 4 is 51.3 Å². The SMILES string of the molecule is Cc1ccc(N=Nc2ccc(NC[C@H]3SC(=S)NC3=O)cc2)cc1. The molecular weight excluding hydrogens is 340 g/mol. The smallest absolute Gasteiger partial charge is 0.240 e. The van der Waals surface area contributed by atoms with Crippen LogP contribution in [-0.4, -0.2) is 22.0 Å². The van der Waals surface area contributed by atoms with Gasteiger partial charge in [-0.1, -0.05) is 41.7 Å². The van der Waals surface area contributed by atoms with E-state index in [1.54, 1.807) is 0 Å². The molecule has 1 atom stereocenters. The zero-order chi connectivity index (χ0) is 16.9. The van der Waals surface area contributed by atoms with Crippen LogP contribution < -0.4 is 10.6 Å². The fraction of sp³-hybridized carbons (Fsp3) is 0.176. The van der Waals surface area contributed by atoms with Gasteiger partial charge in [0.05, 0.1) is 11.4 Å². The Balaban J connectivity index is 1.56. The van der Waals surface area contributed by atoms with Crippen LogP contribution in [0, 0.1) is 6.92 Å². The highest BCUT2D eigenvalue weighted by Crippen LogP contribution is 2.22. The average Bonchev–Trinajstić information content (AvgIpc) is 2.91. The van der Waals surface area contributed by atoms with E-state index in [0.29, 0.717) is 10.9 Å². The monoisotopic (exact) mass is 356 g/mol. The van der Waals surface area contributed by atoms with E-state index in [9.17, 15) is 4.79 Å². The van der Waals surface area contributed by atoms with Gasteiger partial charge >= 0.3 is 0 Å². The second kappa shape index (κ2) is 7.55. The topological polar surface area (TPSA) is 65.8 Å². The van der Waals surface area contributed by atoms with Crippen LogP contribution >= 0.6 is 24.0 Å². The lowest BCUT2D eigenvalue weighted by Gasteiger charge is -2.09. The lowest BCUT2D eigenvalue weighted by Crippen LogP contribution is -2.28. The Morgan fingerprint density at radius 1 is 1.08 bits per heavy atom. The third-order valence-electron chi connectivity index (χ3n) is 3.44. The first-order valence-corrected chi connectivity index (χ1v) is 8.73. The first-order chi connectivity index (χ1) is 11.6. The number of hydrogen-bond acceptors (Lipinski definition) is 6. The number of anilines is 1. The summed E-state index contributed by atoms with van der Waals surface area (Å²) in [6, 6.07) is 15.5. The molecule has 1 saturated heterocycles. The average molecular weight is 356 g/mol. The van der Waals surface area contributed by atoms with Gasteiger partial charge in [-0.3, -0.25) is 4.79 Å². The van der Waals surface area contributed by atoms with E-state index >= 15 is 0 Å². The van der Waals surface area contributed by atoms with Gasteiger partial charge in [-0.25, -0.2) is 0 Å². The molecule has 0 aromatic heterocycles. The lowest BCUT2D eigenvalue weighted by atomic mass is 10.2. The summed E-state index contributed by atoms with van der Waals surface area (Å²) in [5.74, 6) is -0.0407. The molecule has 0 aliphatic carbocycles. The number of hydrogen-bond donors (Lipinski definition) is 2. The predicted molar refractivity (Wildman–Crippen MR) is 102 cm³/mol. The molecule has 2 aromatic rings. The molecule has 7 heteroatoms. The van der Waals surface area contributed by atoms with Crippen molar-refractivity contribution in [2.24, 2.45) is 10.2 Å². The molecule has 24 heavy (non-hydrogen) atoms. The quantitative estimate of drug-likeness (QED) is 0.618. The van der Waals surface area contributed by atoms with Crippen molar-refractivity contribution < 1.29 is 4.79 Å². The minimum atomic E-state index is -0.182. The van der Waals surface area contributed by atoms with Crippen LogP contribution in [0.1, 0.15) is 5.56 Å². The van der Waals surface area contributed by atoms with E-state index in [4.69, 9.17) is 12.2 Å². The molecule has 2 N–H and O–H groups in total. The number of aryl methyl sites for hydroxylation is 1. The lowest BCUT2D eigenvalue weighted by molar-refractivity contribution is -0.118. The highest BCUT2D eigenvalue weighted by atomic mass is 32.2. The molecule has 0 unspecified atom stereocenters. The van der Waals surface area contributed by atoms with E-state index in [1.807, 2.05) is 55.5 Å². The Morgan fingerprint density at radius 3 is 2.21 bits per heavy atom. The summed E-state index contributed by atoms with van der Waals surface area (Å²) in [6.07, 6.45) is 0. The Morgan fingerprint density at radius 2 is 1.67 bits per heavy atom. The summed E-state index contributed by atoms with van der Waals surface area (Å²) in [4.78, 5) is 11.6. The van der Waals surface area contributed by atoms with Crippen molar-refractivity contribution in [3.8, 4) is 0 Å². The van der Waals surface area contributed by atoms with Crippen molar-refractivity contribution in [3.63, 3.8) is 0 Å². The third-order valence-corrected chi connectivity index (χ3v) is 4.81. The summed E-state index contributed by atoms with van der Waals surface area (Å²) >= 11 is 6.36. The molecule has 122 valence electrons. The maximum atomic E-state index is 11.6. The van der Waals surface area contributed by atoms with Crippen LogP contribution in [0.3, 0.4) is 0 Å². The highest BCUT2D eigenvalue weighted by Gasteiger charge is 2.28. The van der Waals surface area contributed by atoms with Crippen LogP contribution in [0.5, 0.6) is 0 Å². The maximum Gasteiger partial charge on any atom is 0.240 e. The Labute approximate surface area is 149 Å². The van der Waals surface area contributed by atoms with Crippen molar-refractivity contribution in [2.45, 2.75) is 12.2 Å². The van der Waals surface area contributed by atoms with Crippen LogP contribution in [0.4, 0.5) is 17.1 Å². The van der Waals surface area contributed by atoms with Gasteiger partial charge in [0.15, 0.2) is 0 Å². The van der Waals surface area contributed by atoms with E-state index in [1.165, 1.54) is 17.3 Å². The molecule has 1 aliphatic heterocycles. The molecule has 2 aromatic carbocycles. The summed E-state index contributed by atoms with van der Waals surface area (Å²) < 4.78 is 0.540. The number of thioether (sulfide) groups is 1. The molecule has 0 radical (unpaired) electrons.